The summed E-state index contributed by atoms with van der Waals surface area (Å²) in [5.41, 5.74) is 0. The highest BCUT2D eigenvalue weighted by molar-refractivity contribution is 5.65. The lowest BCUT2D eigenvalue weighted by Gasteiger charge is -1.80. The Labute approximate surface area is 50.5 Å². The molecule has 0 aliphatic rings. The first kappa shape index (κ1) is 7.21. The maximum Gasteiger partial charge on any atom is 0.164 e. The van der Waals surface area contributed by atoms with Gasteiger partial charge in [-0.15, -0.1) is 0 Å². The predicted molar refractivity (Wildman–Crippen MR) is 36.4 cm³/mol. The number of rotatable bonds is 2. The van der Waals surface area contributed by atoms with Gasteiger partial charge in [0.25, 0.3) is 0 Å². The quantitative estimate of drug-likeness (QED) is 0.395. The molecule has 0 unspecified atom stereocenters. The van der Waals surface area contributed by atoms with E-state index >= 15 is 0 Å². The molecular weight excluding hydrogens is 100 g/mol. The number of allylic oxidation sites excluding steroid dienone is 1. The minimum atomic E-state index is 1.88. The van der Waals surface area contributed by atoms with Crippen molar-refractivity contribution in [3.05, 3.63) is 12.3 Å². The first-order chi connectivity index (χ1) is 3.77. The molecule has 0 radical (unpaired) electrons. The molecule has 2 nitrogen and oxygen atoms in total. The van der Waals surface area contributed by atoms with Crippen molar-refractivity contribution >= 4 is 6.21 Å². The number of nitrogens with zero attached hydrogens (tertiary/aromatic N) is 1. The third-order valence-electron chi connectivity index (χ3n) is 0.647. The van der Waals surface area contributed by atoms with Crippen LogP contribution >= 0.6 is 0 Å². The van der Waals surface area contributed by atoms with E-state index in [-0.39, 0.29) is 0 Å². The third kappa shape index (κ3) is 5.21. The van der Waals surface area contributed by atoms with Gasteiger partial charge in [-0.25, -0.2) is 4.58 Å². The zero-order chi connectivity index (χ0) is 6.41. The van der Waals surface area contributed by atoms with Crippen molar-refractivity contribution in [1.82, 2.24) is 5.32 Å². The summed E-state index contributed by atoms with van der Waals surface area (Å²) in [7, 11) is 5.85. The first-order valence-corrected chi connectivity index (χ1v) is 2.61. The molecule has 0 spiro atoms. The van der Waals surface area contributed by atoms with Crippen molar-refractivity contribution in [3.8, 4) is 0 Å². The molecule has 0 amide bonds. The highest BCUT2D eigenvalue weighted by Crippen LogP contribution is 1.58. The summed E-state index contributed by atoms with van der Waals surface area (Å²) in [6.07, 6.45) is 5.79. The Morgan fingerprint density at radius 2 is 2.00 bits per heavy atom. The maximum absolute atomic E-state index is 2.88. The van der Waals surface area contributed by atoms with Crippen LogP contribution in [0.1, 0.15) is 0 Å². The topological polar surface area (TPSA) is 15.0 Å². The Morgan fingerprint density at radius 1 is 1.38 bits per heavy atom. The second kappa shape index (κ2) is 4.37. The van der Waals surface area contributed by atoms with Crippen LogP contribution in [0.5, 0.6) is 0 Å². The van der Waals surface area contributed by atoms with E-state index in [4.69, 9.17) is 0 Å². The molecule has 0 aromatic rings. The van der Waals surface area contributed by atoms with Crippen molar-refractivity contribution in [2.75, 3.05) is 21.1 Å². The van der Waals surface area contributed by atoms with Gasteiger partial charge >= 0.3 is 0 Å². The van der Waals surface area contributed by atoms with E-state index in [1.54, 1.807) is 0 Å². The highest BCUT2D eigenvalue weighted by Gasteiger charge is 1.72. The van der Waals surface area contributed by atoms with Crippen molar-refractivity contribution < 1.29 is 4.58 Å². The molecule has 0 aliphatic carbocycles. The molecule has 0 aromatic heterocycles. The lowest BCUT2D eigenvalue weighted by atomic mass is 10.6. The second-order valence-corrected chi connectivity index (χ2v) is 1.76. The van der Waals surface area contributed by atoms with Gasteiger partial charge in [0.1, 0.15) is 14.1 Å². The monoisotopic (exact) mass is 113 g/mol. The molecule has 0 fully saturated rings. The lowest BCUT2D eigenvalue weighted by molar-refractivity contribution is -0.458. The van der Waals surface area contributed by atoms with E-state index in [1.165, 1.54) is 0 Å². The third-order valence-corrected chi connectivity index (χ3v) is 0.647. The van der Waals surface area contributed by atoms with Crippen molar-refractivity contribution in [1.29, 1.82) is 0 Å². The summed E-state index contributed by atoms with van der Waals surface area (Å²) in [6, 6.07) is 0. The molecular formula is C6H13N2+. The molecule has 0 saturated heterocycles. The van der Waals surface area contributed by atoms with E-state index in [9.17, 15) is 0 Å². The van der Waals surface area contributed by atoms with Crippen LogP contribution in [0.3, 0.4) is 0 Å². The SMILES string of the molecule is CNC=CC=[N+](C)C. The van der Waals surface area contributed by atoms with E-state index in [2.05, 4.69) is 5.32 Å². The van der Waals surface area contributed by atoms with Crippen molar-refractivity contribution in [2.45, 2.75) is 0 Å². The summed E-state index contributed by atoms with van der Waals surface area (Å²) in [5.74, 6) is 0. The molecule has 2 heteroatoms. The van der Waals surface area contributed by atoms with Gasteiger partial charge in [-0.3, -0.25) is 0 Å². The normalized spacial score (nSPS) is 9.38. The van der Waals surface area contributed by atoms with Gasteiger partial charge < -0.3 is 5.32 Å². The Hall–Kier alpha value is -0.790. The summed E-state index contributed by atoms with van der Waals surface area (Å²) < 4.78 is 1.98. The number of nitrogens with one attached hydrogen (secondary N) is 1. The van der Waals surface area contributed by atoms with Gasteiger partial charge in [-0.05, 0) is 0 Å². The van der Waals surface area contributed by atoms with E-state index in [0.29, 0.717) is 0 Å². The lowest BCUT2D eigenvalue weighted by Crippen LogP contribution is -1.97. The predicted octanol–water partition coefficient (Wildman–Crippen LogP) is 0.0624. The average Bonchev–Trinajstić information content (AvgIpc) is 1.66. The fraction of sp³-hybridized carbons (Fsp3) is 0.500. The minimum absolute atomic E-state index is 1.88. The van der Waals surface area contributed by atoms with Gasteiger partial charge in [-0.2, -0.15) is 0 Å². The molecule has 0 saturated carbocycles. The summed E-state index contributed by atoms with van der Waals surface area (Å²) in [6.45, 7) is 0. The van der Waals surface area contributed by atoms with Gasteiger partial charge in [-0.1, -0.05) is 0 Å². The zero-order valence-electron chi connectivity index (χ0n) is 5.68. The molecule has 1 N–H and O–H groups in total. The van der Waals surface area contributed by atoms with E-state index in [0.717, 1.165) is 0 Å². The van der Waals surface area contributed by atoms with Crippen LogP contribution < -0.4 is 5.32 Å². The van der Waals surface area contributed by atoms with Crippen LogP contribution in [-0.2, 0) is 0 Å². The Morgan fingerprint density at radius 3 is 2.38 bits per heavy atom. The highest BCUT2D eigenvalue weighted by atomic mass is 14.9. The minimum Gasteiger partial charge on any atom is -0.394 e. The fourth-order valence-electron chi connectivity index (χ4n) is 0.311. The largest absolute Gasteiger partial charge is 0.394 e. The van der Waals surface area contributed by atoms with Crippen LogP contribution in [0.25, 0.3) is 0 Å². The molecule has 0 bridgehead atoms. The second-order valence-electron chi connectivity index (χ2n) is 1.76. The first-order valence-electron chi connectivity index (χ1n) is 2.61. The van der Waals surface area contributed by atoms with Gasteiger partial charge in [0.15, 0.2) is 6.21 Å². The molecule has 8 heavy (non-hydrogen) atoms. The number of hydrogen-bond donors (Lipinski definition) is 1. The molecule has 0 atom stereocenters. The van der Waals surface area contributed by atoms with Crippen molar-refractivity contribution in [3.63, 3.8) is 0 Å². The summed E-state index contributed by atoms with van der Waals surface area (Å²) in [5, 5.41) is 2.88. The standard InChI is InChI=1S/C6H12N2/c1-7-5-4-6-8(2)3/h4-6H,1-3H3/p+1. The van der Waals surface area contributed by atoms with E-state index < -0.39 is 0 Å². The van der Waals surface area contributed by atoms with Crippen LogP contribution in [0, 0.1) is 0 Å². The van der Waals surface area contributed by atoms with Crippen LogP contribution in [-0.4, -0.2) is 31.9 Å². The molecule has 0 aliphatic heterocycles. The van der Waals surface area contributed by atoms with E-state index in [1.807, 2.05) is 44.2 Å². The Balaban J connectivity index is 3.42. The van der Waals surface area contributed by atoms with Gasteiger partial charge in [0.2, 0.25) is 0 Å². The van der Waals surface area contributed by atoms with Gasteiger partial charge in [0, 0.05) is 19.3 Å². The smallest absolute Gasteiger partial charge is 0.164 e. The Kier molecular flexibility index (Phi) is 3.94. The average molecular weight is 113 g/mol. The summed E-state index contributed by atoms with van der Waals surface area (Å²) in [4.78, 5) is 0. The van der Waals surface area contributed by atoms with Crippen LogP contribution in [0.4, 0.5) is 0 Å². The van der Waals surface area contributed by atoms with Crippen LogP contribution in [0.15, 0.2) is 12.3 Å². The zero-order valence-corrected chi connectivity index (χ0v) is 5.68. The maximum atomic E-state index is 2.88. The van der Waals surface area contributed by atoms with Gasteiger partial charge in [0.05, 0.1) is 0 Å². The van der Waals surface area contributed by atoms with Crippen molar-refractivity contribution in [2.24, 2.45) is 0 Å². The Bertz CT molecular complexity index is 99.1. The molecule has 0 aromatic carbocycles. The molecule has 0 rings (SSSR count). The van der Waals surface area contributed by atoms with Crippen LogP contribution in [0.2, 0.25) is 0 Å². The number of hydrogen-bond acceptors (Lipinski definition) is 1. The molecule has 46 valence electrons. The summed E-state index contributed by atoms with van der Waals surface area (Å²) >= 11 is 0. The molecule has 0 heterocycles. The fourth-order valence-corrected chi connectivity index (χ4v) is 0.311.